The van der Waals surface area contributed by atoms with Crippen LogP contribution in [-0.4, -0.2) is 100 Å². The number of aromatic nitrogens is 2. The molecule has 1 heterocycles. The number of nitrogens with one attached hydrogen (secondary N) is 2. The molecule has 53 heavy (non-hydrogen) atoms. The van der Waals surface area contributed by atoms with Gasteiger partial charge in [-0.1, -0.05) is 51.1 Å². The molecule has 0 spiro atoms. The van der Waals surface area contributed by atoms with E-state index >= 15 is 4.39 Å². The van der Waals surface area contributed by atoms with Crippen LogP contribution < -0.4 is 10.6 Å². The topological polar surface area (TPSA) is 115 Å². The van der Waals surface area contributed by atoms with Crippen molar-refractivity contribution in [2.45, 2.75) is 66.2 Å². The molecule has 0 saturated carbocycles. The molecule has 0 fully saturated rings. The first-order valence-corrected chi connectivity index (χ1v) is 21.9. The lowest BCUT2D eigenvalue weighted by Gasteiger charge is -2.40. The van der Waals surface area contributed by atoms with Gasteiger partial charge in [-0.25, -0.2) is 33.4 Å². The molecule has 0 radical (unpaired) electrons. The van der Waals surface area contributed by atoms with Gasteiger partial charge in [0.25, 0.3) is 0 Å². The number of thioether (sulfide) groups is 1. The fourth-order valence-electron chi connectivity index (χ4n) is 5.43. The first-order valence-electron chi connectivity index (χ1n) is 17.7. The Kier molecular flexibility index (Phi) is 16.1. The van der Waals surface area contributed by atoms with Crippen molar-refractivity contribution in [2.24, 2.45) is 5.41 Å². The SMILES string of the molecule is CC(C)(C)OC(=O)NCCCN(C(=O)CSCCNC(=O)OCCS(C)(C)C)C(c1nc(-c2cc(F)ccc2F)cn1Cc1ccccc1)C(C)(C)C. The highest BCUT2D eigenvalue weighted by Crippen LogP contribution is 2.40. The van der Waals surface area contributed by atoms with Crippen LogP contribution in [-0.2, 0) is 20.8 Å². The predicted molar refractivity (Wildman–Crippen MR) is 213 cm³/mol. The summed E-state index contributed by atoms with van der Waals surface area (Å²) in [5.74, 6) is 0.555. The van der Waals surface area contributed by atoms with Crippen LogP contribution in [0.25, 0.3) is 11.3 Å². The van der Waals surface area contributed by atoms with Gasteiger partial charge in [0.1, 0.15) is 29.7 Å². The molecular formula is C39H57F2N5O5S2. The van der Waals surface area contributed by atoms with Crippen LogP contribution in [0.1, 0.15) is 65.4 Å². The number of imidazole rings is 1. The Bertz CT molecular complexity index is 1650. The third-order valence-electron chi connectivity index (χ3n) is 7.82. The summed E-state index contributed by atoms with van der Waals surface area (Å²) in [6, 6.07) is 12.4. The van der Waals surface area contributed by atoms with Crippen LogP contribution in [0.3, 0.4) is 0 Å². The molecule has 10 nitrogen and oxygen atoms in total. The molecule has 0 aliphatic rings. The van der Waals surface area contributed by atoms with E-state index < -0.39 is 50.9 Å². The maximum absolute atomic E-state index is 15.1. The fraction of sp³-hybridized carbons (Fsp3) is 0.538. The van der Waals surface area contributed by atoms with Gasteiger partial charge >= 0.3 is 12.2 Å². The molecule has 3 amide bonds. The molecule has 3 aromatic rings. The number of hydrogen-bond acceptors (Lipinski definition) is 7. The standard InChI is InChI=1S/C39H57F2N5O5S2/c1-38(2,3)34(35-44-32(30-24-29(40)16-17-31(30)41)26-45(35)25-28-14-11-10-12-15-28)46(20-13-18-42-37(49)51-39(4,5)6)33(47)27-52-22-19-43-36(48)50-21-23-53(7,8)9/h10-12,14-17,24,26,34H,13,18-23,25,27H2,1-9H3,(H,42,49)(H,43,48). The molecule has 2 N–H and O–H groups in total. The molecule has 294 valence electrons. The number of carbonyl (C=O) groups is 3. The van der Waals surface area contributed by atoms with E-state index in [1.54, 1.807) is 31.9 Å². The van der Waals surface area contributed by atoms with Crippen LogP contribution >= 0.6 is 21.8 Å². The summed E-state index contributed by atoms with van der Waals surface area (Å²) >= 11 is 1.38. The largest absolute Gasteiger partial charge is 0.449 e. The number of benzene rings is 2. The van der Waals surface area contributed by atoms with Gasteiger partial charge < -0.3 is 29.6 Å². The number of nitrogens with zero attached hydrogens (tertiary/aromatic N) is 3. The zero-order valence-corrected chi connectivity index (χ0v) is 34.2. The molecule has 2 aromatic carbocycles. The molecule has 1 aromatic heterocycles. The van der Waals surface area contributed by atoms with Crippen LogP contribution in [0.5, 0.6) is 0 Å². The summed E-state index contributed by atoms with van der Waals surface area (Å²) in [6.45, 7) is 12.9. The molecule has 1 unspecified atom stereocenters. The summed E-state index contributed by atoms with van der Waals surface area (Å²) in [5, 5.41) is 5.52. The van der Waals surface area contributed by atoms with Gasteiger partial charge in [-0.2, -0.15) is 11.8 Å². The summed E-state index contributed by atoms with van der Waals surface area (Å²) in [7, 11) is -0.776. The van der Waals surface area contributed by atoms with Crippen LogP contribution in [0.4, 0.5) is 18.4 Å². The van der Waals surface area contributed by atoms with Gasteiger partial charge in [-0.05, 0) is 75.1 Å². The minimum Gasteiger partial charge on any atom is -0.449 e. The third kappa shape index (κ3) is 15.2. The number of rotatable bonds is 17. The summed E-state index contributed by atoms with van der Waals surface area (Å²) in [5.41, 5.74) is -0.000268. The van der Waals surface area contributed by atoms with Gasteiger partial charge in [0.05, 0.1) is 17.5 Å². The van der Waals surface area contributed by atoms with Gasteiger partial charge in [0.2, 0.25) is 5.91 Å². The van der Waals surface area contributed by atoms with Crippen molar-refractivity contribution in [3.63, 3.8) is 0 Å². The second kappa shape index (κ2) is 19.5. The minimum atomic E-state index is -0.776. The Morgan fingerprint density at radius 1 is 0.962 bits per heavy atom. The van der Waals surface area contributed by atoms with Gasteiger partial charge in [0, 0.05) is 49.4 Å². The quantitative estimate of drug-likeness (QED) is 0.134. The van der Waals surface area contributed by atoms with Crippen molar-refractivity contribution >= 4 is 39.9 Å². The van der Waals surface area contributed by atoms with Gasteiger partial charge in [0.15, 0.2) is 0 Å². The third-order valence-corrected chi connectivity index (χ3v) is 10.2. The fourth-order valence-corrected chi connectivity index (χ4v) is 6.74. The Morgan fingerprint density at radius 3 is 2.28 bits per heavy atom. The highest BCUT2D eigenvalue weighted by Gasteiger charge is 2.38. The summed E-state index contributed by atoms with van der Waals surface area (Å²) in [6.07, 6.45) is 7.56. The van der Waals surface area contributed by atoms with Crippen LogP contribution in [0, 0.1) is 17.0 Å². The Hall–Kier alpha value is -3.78. The maximum atomic E-state index is 15.1. The van der Waals surface area contributed by atoms with E-state index in [1.165, 1.54) is 11.8 Å². The first-order chi connectivity index (χ1) is 24.7. The maximum Gasteiger partial charge on any atom is 0.407 e. The highest BCUT2D eigenvalue weighted by atomic mass is 32.3. The lowest BCUT2D eigenvalue weighted by atomic mass is 9.84. The zero-order chi connectivity index (χ0) is 39.4. The van der Waals surface area contributed by atoms with E-state index in [1.807, 2.05) is 55.7 Å². The second-order valence-electron chi connectivity index (χ2n) is 15.8. The molecule has 0 aliphatic carbocycles. The van der Waals surface area contributed by atoms with E-state index in [4.69, 9.17) is 14.5 Å². The monoisotopic (exact) mass is 777 g/mol. The van der Waals surface area contributed by atoms with E-state index in [-0.39, 0.29) is 36.0 Å². The van der Waals surface area contributed by atoms with Crippen LogP contribution in [0.15, 0.2) is 54.7 Å². The van der Waals surface area contributed by atoms with Crippen molar-refractivity contribution in [1.29, 1.82) is 0 Å². The molecule has 1 atom stereocenters. The van der Waals surface area contributed by atoms with E-state index in [0.717, 1.165) is 29.5 Å². The van der Waals surface area contributed by atoms with Crippen molar-refractivity contribution < 1.29 is 32.6 Å². The molecule has 0 aliphatic heterocycles. The number of alkyl carbamates (subject to hydrolysis) is 2. The van der Waals surface area contributed by atoms with E-state index in [9.17, 15) is 18.8 Å². The Balaban J connectivity index is 1.90. The summed E-state index contributed by atoms with van der Waals surface area (Å²) < 4.78 is 42.1. The lowest BCUT2D eigenvalue weighted by molar-refractivity contribution is -0.133. The van der Waals surface area contributed by atoms with Gasteiger partial charge in [-0.15, -0.1) is 0 Å². The van der Waals surface area contributed by atoms with Crippen molar-refractivity contribution in [3.05, 3.63) is 77.8 Å². The molecular weight excluding hydrogens is 721 g/mol. The number of ether oxygens (including phenoxy) is 2. The normalized spacial score (nSPS) is 12.9. The van der Waals surface area contributed by atoms with E-state index in [0.29, 0.717) is 37.7 Å². The molecule has 3 rings (SSSR count). The number of amides is 3. The average Bonchev–Trinajstić information content (AvgIpc) is 3.44. The number of halogens is 2. The highest BCUT2D eigenvalue weighted by molar-refractivity contribution is 8.32. The number of hydrogen-bond donors (Lipinski definition) is 2. The molecule has 0 saturated heterocycles. The lowest BCUT2D eigenvalue weighted by Crippen LogP contribution is -2.45. The number of carbonyl (C=O) groups excluding carboxylic acids is 3. The van der Waals surface area contributed by atoms with Crippen molar-refractivity contribution in [3.8, 4) is 11.3 Å². The van der Waals surface area contributed by atoms with Gasteiger partial charge in [-0.3, -0.25) is 4.79 Å². The average molecular weight is 778 g/mol. The Labute approximate surface area is 319 Å². The minimum absolute atomic E-state index is 0.0198. The van der Waals surface area contributed by atoms with Crippen molar-refractivity contribution in [2.75, 3.05) is 62.3 Å². The van der Waals surface area contributed by atoms with E-state index in [2.05, 4.69) is 29.4 Å². The Morgan fingerprint density at radius 2 is 1.64 bits per heavy atom. The first kappa shape index (κ1) is 43.6. The summed E-state index contributed by atoms with van der Waals surface area (Å²) in [4.78, 5) is 45.5. The molecule has 14 heteroatoms. The molecule has 0 bridgehead atoms. The van der Waals surface area contributed by atoms with Crippen LogP contribution in [0.2, 0.25) is 0 Å². The smallest absolute Gasteiger partial charge is 0.407 e. The zero-order valence-electron chi connectivity index (χ0n) is 32.6. The van der Waals surface area contributed by atoms with Crippen molar-refractivity contribution in [1.82, 2.24) is 25.1 Å². The predicted octanol–water partition coefficient (Wildman–Crippen LogP) is 7.86. The second-order valence-corrected chi connectivity index (χ2v) is 21.5.